The van der Waals surface area contributed by atoms with Crippen LogP contribution >= 0.6 is 0 Å². The first kappa shape index (κ1) is 56.8. The van der Waals surface area contributed by atoms with Crippen LogP contribution in [0.2, 0.25) is 0 Å². The number of rotatable bonds is 48. The van der Waals surface area contributed by atoms with Gasteiger partial charge in [0, 0.05) is 25.9 Å². The van der Waals surface area contributed by atoms with Crippen molar-refractivity contribution in [2.75, 3.05) is 73.3 Å². The van der Waals surface area contributed by atoms with E-state index in [-0.39, 0.29) is 18.0 Å². The van der Waals surface area contributed by atoms with Crippen LogP contribution in [0, 0.1) is 0 Å². The second kappa shape index (κ2) is 46.8. The second-order valence-corrected chi connectivity index (χ2v) is 17.5. The Hall–Kier alpha value is -1.22. The first-order valence-electron chi connectivity index (χ1n) is 25.3. The first-order valence-corrected chi connectivity index (χ1v) is 25.3. The average Bonchev–Trinajstić information content (AvgIpc) is 3.21. The van der Waals surface area contributed by atoms with E-state index in [2.05, 4.69) is 44.7 Å². The Kier molecular flexibility index (Phi) is 45.9. The molecule has 0 amide bonds. The largest absolute Gasteiger partial charge is 0.466 e. The number of hydrogen-bond donors (Lipinski definition) is 0. The predicted octanol–water partition coefficient (Wildman–Crippen LogP) is 13.3. The number of likely N-dealkylation sites (N-methyl/N-ethyl adjacent to an activating group) is 1. The quantitative estimate of drug-likeness (QED) is 0.0443. The van der Waals surface area contributed by atoms with E-state index in [9.17, 15) is 9.59 Å². The van der Waals surface area contributed by atoms with Gasteiger partial charge in [-0.05, 0) is 85.0 Å². The number of carbonyl (C=O) groups excluding carboxylic acids is 2. The number of esters is 2. The summed E-state index contributed by atoms with van der Waals surface area (Å²) in [6.07, 6.45) is 38.5. The molecular formula is C50H100N2O6. The highest BCUT2D eigenvalue weighted by Gasteiger charge is 2.14. The van der Waals surface area contributed by atoms with Gasteiger partial charge in [-0.1, -0.05) is 162 Å². The number of ether oxygens (including phenoxy) is 4. The fraction of sp³-hybridized carbons (Fsp3) is 0.960. The Morgan fingerprint density at radius 1 is 0.397 bits per heavy atom. The average molecular weight is 825 g/mol. The van der Waals surface area contributed by atoms with Crippen LogP contribution in [0.3, 0.4) is 0 Å². The molecule has 0 bridgehead atoms. The highest BCUT2D eigenvalue weighted by molar-refractivity contribution is 5.69. The summed E-state index contributed by atoms with van der Waals surface area (Å²) in [5, 5.41) is 0. The van der Waals surface area contributed by atoms with Gasteiger partial charge in [-0.2, -0.15) is 0 Å². The van der Waals surface area contributed by atoms with Crippen molar-refractivity contribution in [3.63, 3.8) is 0 Å². The van der Waals surface area contributed by atoms with E-state index in [0.29, 0.717) is 32.7 Å². The zero-order valence-corrected chi connectivity index (χ0v) is 39.6. The van der Waals surface area contributed by atoms with Crippen LogP contribution in [0.5, 0.6) is 0 Å². The molecule has 0 saturated heterocycles. The SMILES string of the molecule is CCCCCCCCCOC(=O)CCCCCCCN(CCCCCCCC(=O)OC(CCCCCCCC)CCCCCCCC)CCOCCOCCN(C)C. The fourth-order valence-electron chi connectivity index (χ4n) is 7.50. The van der Waals surface area contributed by atoms with Gasteiger partial charge < -0.3 is 28.7 Å². The summed E-state index contributed by atoms with van der Waals surface area (Å²) in [6.45, 7) is 14.2. The lowest BCUT2D eigenvalue weighted by Crippen LogP contribution is -2.30. The maximum Gasteiger partial charge on any atom is 0.306 e. The summed E-state index contributed by atoms with van der Waals surface area (Å²) >= 11 is 0. The van der Waals surface area contributed by atoms with E-state index in [1.807, 2.05) is 0 Å². The lowest BCUT2D eigenvalue weighted by Gasteiger charge is -2.22. The van der Waals surface area contributed by atoms with Gasteiger partial charge >= 0.3 is 11.9 Å². The standard InChI is InChI=1S/C50H100N2O6/c1-6-9-12-15-18-27-34-43-57-49(53)37-30-23-19-25-32-39-52(42-45-56-47-46-55-44-41-51(4)5)40-33-26-20-24-31-38-50(54)58-48(35-28-21-16-13-10-7-2)36-29-22-17-14-11-8-3/h48H,6-47H2,1-5H3. The molecule has 0 heterocycles. The van der Waals surface area contributed by atoms with Crippen LogP contribution in [-0.2, 0) is 28.5 Å². The molecule has 0 saturated carbocycles. The van der Waals surface area contributed by atoms with Crippen molar-refractivity contribution in [3.8, 4) is 0 Å². The van der Waals surface area contributed by atoms with E-state index in [0.717, 1.165) is 84.3 Å². The Morgan fingerprint density at radius 3 is 1.28 bits per heavy atom. The number of carbonyl (C=O) groups is 2. The highest BCUT2D eigenvalue weighted by Crippen LogP contribution is 2.18. The molecule has 0 fully saturated rings. The molecule has 0 aromatic heterocycles. The van der Waals surface area contributed by atoms with Crippen molar-refractivity contribution in [2.45, 2.75) is 239 Å². The van der Waals surface area contributed by atoms with Crippen LogP contribution in [0.1, 0.15) is 233 Å². The Morgan fingerprint density at radius 2 is 0.793 bits per heavy atom. The van der Waals surface area contributed by atoms with Crippen molar-refractivity contribution in [1.82, 2.24) is 9.80 Å². The lowest BCUT2D eigenvalue weighted by molar-refractivity contribution is -0.150. The first-order chi connectivity index (χ1) is 28.4. The second-order valence-electron chi connectivity index (χ2n) is 17.5. The maximum absolute atomic E-state index is 12.8. The molecular weight excluding hydrogens is 725 g/mol. The van der Waals surface area contributed by atoms with Crippen molar-refractivity contribution in [1.29, 1.82) is 0 Å². The van der Waals surface area contributed by atoms with Crippen LogP contribution < -0.4 is 0 Å². The van der Waals surface area contributed by atoms with Gasteiger partial charge in [-0.15, -0.1) is 0 Å². The summed E-state index contributed by atoms with van der Waals surface area (Å²) in [7, 11) is 4.12. The third kappa shape index (κ3) is 44.3. The van der Waals surface area contributed by atoms with Gasteiger partial charge in [-0.3, -0.25) is 9.59 Å². The molecule has 0 atom stereocenters. The third-order valence-electron chi connectivity index (χ3n) is 11.4. The van der Waals surface area contributed by atoms with E-state index >= 15 is 0 Å². The van der Waals surface area contributed by atoms with Gasteiger partial charge in [0.1, 0.15) is 6.10 Å². The predicted molar refractivity (Wildman–Crippen MR) is 247 cm³/mol. The molecule has 0 radical (unpaired) electrons. The van der Waals surface area contributed by atoms with Gasteiger partial charge in [0.2, 0.25) is 0 Å². The molecule has 0 unspecified atom stereocenters. The van der Waals surface area contributed by atoms with Crippen LogP contribution in [-0.4, -0.2) is 101 Å². The highest BCUT2D eigenvalue weighted by atomic mass is 16.5. The lowest BCUT2D eigenvalue weighted by atomic mass is 10.0. The van der Waals surface area contributed by atoms with Crippen molar-refractivity contribution >= 4 is 11.9 Å². The Balaban J connectivity index is 4.38. The molecule has 0 aromatic carbocycles. The zero-order valence-electron chi connectivity index (χ0n) is 39.6. The minimum Gasteiger partial charge on any atom is -0.466 e. The molecule has 8 nitrogen and oxygen atoms in total. The Bertz CT molecular complexity index is 827. The maximum atomic E-state index is 12.8. The molecule has 0 aromatic rings. The van der Waals surface area contributed by atoms with E-state index < -0.39 is 0 Å². The molecule has 0 N–H and O–H groups in total. The third-order valence-corrected chi connectivity index (χ3v) is 11.4. The molecule has 0 aliphatic heterocycles. The number of hydrogen-bond acceptors (Lipinski definition) is 8. The minimum atomic E-state index is -0.0218. The smallest absolute Gasteiger partial charge is 0.306 e. The van der Waals surface area contributed by atoms with Gasteiger partial charge in [0.15, 0.2) is 0 Å². The van der Waals surface area contributed by atoms with Crippen LogP contribution in [0.15, 0.2) is 0 Å². The van der Waals surface area contributed by atoms with Crippen molar-refractivity contribution in [2.24, 2.45) is 0 Å². The molecule has 58 heavy (non-hydrogen) atoms. The summed E-state index contributed by atoms with van der Waals surface area (Å²) in [5.74, 6) is 0.00131. The summed E-state index contributed by atoms with van der Waals surface area (Å²) in [5.41, 5.74) is 0. The summed E-state index contributed by atoms with van der Waals surface area (Å²) in [6, 6.07) is 0. The summed E-state index contributed by atoms with van der Waals surface area (Å²) < 4.78 is 23.2. The summed E-state index contributed by atoms with van der Waals surface area (Å²) in [4.78, 5) is 29.7. The van der Waals surface area contributed by atoms with Crippen molar-refractivity contribution in [3.05, 3.63) is 0 Å². The molecule has 0 aliphatic rings. The Labute approximate surface area is 361 Å². The topological polar surface area (TPSA) is 77.5 Å². The monoisotopic (exact) mass is 825 g/mol. The van der Waals surface area contributed by atoms with E-state index in [4.69, 9.17) is 18.9 Å². The van der Waals surface area contributed by atoms with Gasteiger partial charge in [0.25, 0.3) is 0 Å². The van der Waals surface area contributed by atoms with Crippen molar-refractivity contribution < 1.29 is 28.5 Å². The minimum absolute atomic E-state index is 0.0218. The number of nitrogens with zero attached hydrogens (tertiary/aromatic N) is 2. The molecule has 0 spiro atoms. The normalized spacial score (nSPS) is 11.7. The van der Waals surface area contributed by atoms with Crippen LogP contribution in [0.4, 0.5) is 0 Å². The van der Waals surface area contributed by atoms with Crippen LogP contribution in [0.25, 0.3) is 0 Å². The molecule has 0 aliphatic carbocycles. The number of unbranched alkanes of at least 4 members (excludes halogenated alkanes) is 24. The molecule has 0 rings (SSSR count). The van der Waals surface area contributed by atoms with Gasteiger partial charge in [0.05, 0.1) is 33.0 Å². The van der Waals surface area contributed by atoms with Gasteiger partial charge in [-0.25, -0.2) is 0 Å². The zero-order chi connectivity index (χ0) is 42.4. The fourth-order valence-corrected chi connectivity index (χ4v) is 7.50. The molecule has 346 valence electrons. The van der Waals surface area contributed by atoms with E-state index in [1.54, 1.807) is 0 Å². The van der Waals surface area contributed by atoms with E-state index in [1.165, 1.54) is 154 Å². The molecule has 8 heteroatoms.